The number of nitrogens with zero attached hydrogens (tertiary/aromatic N) is 6. The van der Waals surface area contributed by atoms with Crippen LogP contribution in [0, 0.1) is 11.3 Å². The summed E-state index contributed by atoms with van der Waals surface area (Å²) in [6.45, 7) is 7.21. The second-order valence-electron chi connectivity index (χ2n) is 8.89. The number of benzene rings is 1. The predicted octanol–water partition coefficient (Wildman–Crippen LogP) is 3.18. The topological polar surface area (TPSA) is 81.7 Å². The van der Waals surface area contributed by atoms with Crippen LogP contribution in [0.5, 0.6) is 0 Å². The number of rotatable bonds is 4. The Morgan fingerprint density at radius 1 is 0.857 bits per heavy atom. The van der Waals surface area contributed by atoms with Crippen LogP contribution in [0.2, 0.25) is 0 Å². The number of aromatic nitrogens is 3. The van der Waals surface area contributed by atoms with Crippen LogP contribution in [0.3, 0.4) is 0 Å². The number of nitrogens with one attached hydrogen (secondary N) is 1. The van der Waals surface area contributed by atoms with Gasteiger partial charge in [-0.25, -0.2) is 9.50 Å². The number of hydrogen-bond donors (Lipinski definition) is 1. The first-order chi connectivity index (χ1) is 17.3. The third kappa shape index (κ3) is 4.20. The van der Waals surface area contributed by atoms with Gasteiger partial charge in [0.2, 0.25) is 0 Å². The Hall–Kier alpha value is -3.93. The monoisotopic (exact) mass is 465 g/mol. The molecule has 2 fully saturated rings. The molecule has 8 nitrogen and oxygen atoms in total. The van der Waals surface area contributed by atoms with Gasteiger partial charge in [-0.15, -0.1) is 0 Å². The summed E-state index contributed by atoms with van der Waals surface area (Å²) in [5, 5.41) is 17.6. The standard InChI is InChI=1S/C27H27N7O/c28-16-23-18-31-34-19-22(20-1-4-24(5-2-20)32-9-7-29-8-10-32)15-25(27(23)34)21-3-6-26(30-17-21)33-11-13-35-14-12-33/h1-6,15,17-19,29H,7-14H2. The van der Waals surface area contributed by atoms with Gasteiger partial charge in [0.15, 0.2) is 0 Å². The fraction of sp³-hybridized carbons (Fsp3) is 0.296. The van der Waals surface area contributed by atoms with Crippen molar-refractivity contribution in [2.24, 2.45) is 0 Å². The highest BCUT2D eigenvalue weighted by Gasteiger charge is 2.17. The molecule has 5 heterocycles. The zero-order valence-electron chi connectivity index (χ0n) is 19.5. The first kappa shape index (κ1) is 21.6. The van der Waals surface area contributed by atoms with Gasteiger partial charge in [0, 0.05) is 74.0 Å². The second kappa shape index (κ2) is 9.37. The quantitative estimate of drug-likeness (QED) is 0.496. The molecule has 3 aromatic heterocycles. The average molecular weight is 466 g/mol. The van der Waals surface area contributed by atoms with Crippen LogP contribution in [0.25, 0.3) is 27.8 Å². The molecule has 0 saturated carbocycles. The van der Waals surface area contributed by atoms with Crippen molar-refractivity contribution >= 4 is 17.0 Å². The van der Waals surface area contributed by atoms with Gasteiger partial charge in [0.25, 0.3) is 0 Å². The first-order valence-electron chi connectivity index (χ1n) is 12.1. The zero-order chi connectivity index (χ0) is 23.6. The van der Waals surface area contributed by atoms with E-state index < -0.39 is 0 Å². The number of anilines is 2. The van der Waals surface area contributed by atoms with Crippen LogP contribution in [0.4, 0.5) is 11.5 Å². The van der Waals surface area contributed by atoms with E-state index in [-0.39, 0.29) is 0 Å². The smallest absolute Gasteiger partial charge is 0.128 e. The molecule has 0 atom stereocenters. The number of pyridine rings is 2. The van der Waals surface area contributed by atoms with Crippen molar-refractivity contribution in [2.75, 3.05) is 62.3 Å². The summed E-state index contributed by atoms with van der Waals surface area (Å²) in [5.41, 5.74) is 6.66. The minimum Gasteiger partial charge on any atom is -0.378 e. The van der Waals surface area contributed by atoms with E-state index in [0.29, 0.717) is 5.56 Å². The van der Waals surface area contributed by atoms with Crippen molar-refractivity contribution in [3.8, 4) is 28.3 Å². The molecule has 0 spiro atoms. The maximum atomic E-state index is 9.70. The molecule has 0 radical (unpaired) electrons. The Morgan fingerprint density at radius 2 is 1.63 bits per heavy atom. The first-order valence-corrected chi connectivity index (χ1v) is 12.1. The van der Waals surface area contributed by atoms with Crippen LogP contribution in [0.1, 0.15) is 5.56 Å². The highest BCUT2D eigenvalue weighted by molar-refractivity contribution is 5.87. The Kier molecular flexibility index (Phi) is 5.78. The fourth-order valence-corrected chi connectivity index (χ4v) is 4.89. The molecule has 0 bridgehead atoms. The van der Waals surface area contributed by atoms with Gasteiger partial charge >= 0.3 is 0 Å². The molecule has 2 aliphatic rings. The second-order valence-corrected chi connectivity index (χ2v) is 8.89. The van der Waals surface area contributed by atoms with E-state index in [4.69, 9.17) is 9.72 Å². The molecule has 35 heavy (non-hydrogen) atoms. The molecule has 1 aromatic carbocycles. The molecule has 1 N–H and O–H groups in total. The normalized spacial score (nSPS) is 16.4. The van der Waals surface area contributed by atoms with E-state index >= 15 is 0 Å². The van der Waals surface area contributed by atoms with Crippen molar-refractivity contribution in [3.63, 3.8) is 0 Å². The summed E-state index contributed by atoms with van der Waals surface area (Å²) in [6.07, 6.45) is 5.52. The van der Waals surface area contributed by atoms with E-state index in [1.165, 1.54) is 5.69 Å². The average Bonchev–Trinajstić information content (AvgIpc) is 3.37. The Morgan fingerprint density at radius 3 is 2.34 bits per heavy atom. The molecule has 0 aliphatic carbocycles. The SMILES string of the molecule is N#Cc1cnn2cc(-c3ccc(N4CCNCC4)cc3)cc(-c3ccc(N4CCOCC4)nc3)c12. The number of morpholine rings is 1. The lowest BCUT2D eigenvalue weighted by Gasteiger charge is -2.29. The van der Waals surface area contributed by atoms with E-state index in [2.05, 4.69) is 68.7 Å². The van der Waals surface area contributed by atoms with Gasteiger partial charge in [-0.1, -0.05) is 12.1 Å². The summed E-state index contributed by atoms with van der Waals surface area (Å²) in [5.74, 6) is 0.946. The van der Waals surface area contributed by atoms with Crippen molar-refractivity contribution in [3.05, 3.63) is 66.6 Å². The van der Waals surface area contributed by atoms with Crippen molar-refractivity contribution in [2.45, 2.75) is 0 Å². The molecule has 2 saturated heterocycles. The molecule has 4 aromatic rings. The lowest BCUT2D eigenvalue weighted by Crippen LogP contribution is -2.43. The van der Waals surface area contributed by atoms with E-state index in [0.717, 1.165) is 86.1 Å². The number of piperazine rings is 1. The summed E-state index contributed by atoms with van der Waals surface area (Å²) in [6, 6.07) is 17.3. The van der Waals surface area contributed by atoms with Crippen molar-refractivity contribution in [1.82, 2.24) is 19.9 Å². The highest BCUT2D eigenvalue weighted by atomic mass is 16.5. The number of ether oxygens (including phenoxy) is 1. The van der Waals surface area contributed by atoms with Crippen LogP contribution in [-0.4, -0.2) is 67.1 Å². The van der Waals surface area contributed by atoms with E-state index in [9.17, 15) is 5.26 Å². The Labute approximate surface area is 204 Å². The van der Waals surface area contributed by atoms with Gasteiger partial charge in [-0.2, -0.15) is 10.4 Å². The number of hydrogen-bond acceptors (Lipinski definition) is 7. The lowest BCUT2D eigenvalue weighted by molar-refractivity contribution is 0.122. The number of fused-ring (bicyclic) bond motifs is 1. The van der Waals surface area contributed by atoms with Crippen molar-refractivity contribution in [1.29, 1.82) is 5.26 Å². The maximum Gasteiger partial charge on any atom is 0.128 e. The molecule has 0 amide bonds. The molecule has 8 heteroatoms. The molecular weight excluding hydrogens is 438 g/mol. The summed E-state index contributed by atoms with van der Waals surface area (Å²) >= 11 is 0. The minimum absolute atomic E-state index is 0.554. The molecule has 0 unspecified atom stereocenters. The van der Waals surface area contributed by atoms with Crippen LogP contribution < -0.4 is 15.1 Å². The minimum atomic E-state index is 0.554. The zero-order valence-corrected chi connectivity index (χ0v) is 19.5. The van der Waals surface area contributed by atoms with Gasteiger partial charge in [-0.05, 0) is 35.9 Å². The Balaban J connectivity index is 1.37. The van der Waals surface area contributed by atoms with Gasteiger partial charge < -0.3 is 19.9 Å². The largest absolute Gasteiger partial charge is 0.378 e. The van der Waals surface area contributed by atoms with E-state index in [1.54, 1.807) is 6.20 Å². The molecule has 6 rings (SSSR count). The van der Waals surface area contributed by atoms with Gasteiger partial charge in [-0.3, -0.25) is 0 Å². The summed E-state index contributed by atoms with van der Waals surface area (Å²) < 4.78 is 7.27. The van der Waals surface area contributed by atoms with Gasteiger partial charge in [0.1, 0.15) is 11.9 Å². The molecule has 2 aliphatic heterocycles. The third-order valence-electron chi connectivity index (χ3n) is 6.81. The predicted molar refractivity (Wildman–Crippen MR) is 137 cm³/mol. The summed E-state index contributed by atoms with van der Waals surface area (Å²) in [7, 11) is 0. The fourth-order valence-electron chi connectivity index (χ4n) is 4.89. The van der Waals surface area contributed by atoms with Gasteiger partial charge in [0.05, 0.1) is 30.5 Å². The summed E-state index contributed by atoms with van der Waals surface area (Å²) in [4.78, 5) is 9.38. The highest BCUT2D eigenvalue weighted by Crippen LogP contribution is 2.33. The lowest BCUT2D eigenvalue weighted by atomic mass is 9.99. The third-order valence-corrected chi connectivity index (χ3v) is 6.81. The molecular formula is C27H27N7O. The number of nitriles is 1. The Bertz CT molecular complexity index is 1360. The molecule has 176 valence electrons. The van der Waals surface area contributed by atoms with Crippen LogP contribution in [0.15, 0.2) is 61.1 Å². The van der Waals surface area contributed by atoms with Crippen LogP contribution in [-0.2, 0) is 4.74 Å². The maximum absolute atomic E-state index is 9.70. The van der Waals surface area contributed by atoms with E-state index in [1.807, 2.05) is 16.9 Å². The van der Waals surface area contributed by atoms with Crippen molar-refractivity contribution < 1.29 is 4.74 Å². The van der Waals surface area contributed by atoms with Crippen LogP contribution >= 0.6 is 0 Å².